The van der Waals surface area contributed by atoms with Gasteiger partial charge in [0.2, 0.25) is 0 Å². The number of hydrogen-bond acceptors (Lipinski definition) is 6. The highest BCUT2D eigenvalue weighted by Gasteiger charge is 2.19. The van der Waals surface area contributed by atoms with E-state index in [4.69, 9.17) is 16.3 Å². The summed E-state index contributed by atoms with van der Waals surface area (Å²) in [5, 5.41) is 1.96. The number of rotatable bonds is 3. The first kappa shape index (κ1) is 13.8. The zero-order valence-corrected chi connectivity index (χ0v) is 11.8. The first-order valence-electron chi connectivity index (χ1n) is 5.41. The van der Waals surface area contributed by atoms with E-state index in [-0.39, 0.29) is 17.9 Å². The van der Waals surface area contributed by atoms with E-state index in [9.17, 15) is 9.59 Å². The van der Waals surface area contributed by atoms with Crippen LogP contribution in [0.5, 0.6) is 0 Å². The van der Waals surface area contributed by atoms with Crippen molar-refractivity contribution in [3.8, 4) is 0 Å². The van der Waals surface area contributed by atoms with Crippen LogP contribution in [-0.4, -0.2) is 30.6 Å². The second kappa shape index (κ2) is 5.54. The average Bonchev–Trinajstić information content (AvgIpc) is 2.82. The Morgan fingerprint density at radius 3 is 2.79 bits per heavy atom. The van der Waals surface area contributed by atoms with Crippen LogP contribution in [0.3, 0.4) is 0 Å². The number of fused-ring (bicyclic) bond motifs is 1. The zero-order chi connectivity index (χ0) is 14.0. The molecule has 0 radical (unpaired) electrons. The van der Waals surface area contributed by atoms with Gasteiger partial charge >= 0.3 is 11.9 Å². The fourth-order valence-electron chi connectivity index (χ4n) is 1.53. The third-order valence-corrected chi connectivity index (χ3v) is 3.78. The van der Waals surface area contributed by atoms with Crippen molar-refractivity contribution < 1.29 is 19.1 Å². The summed E-state index contributed by atoms with van der Waals surface area (Å²) in [4.78, 5) is 27.4. The number of carbonyl (C=O) groups excluding carboxylic acids is 2. The summed E-state index contributed by atoms with van der Waals surface area (Å²) in [7, 11) is 1.28. The predicted octanol–water partition coefficient (Wildman–Crippen LogP) is 2.91. The molecule has 0 fully saturated rings. The van der Waals surface area contributed by atoms with Crippen molar-refractivity contribution in [2.24, 2.45) is 0 Å². The van der Waals surface area contributed by atoms with Gasteiger partial charge in [0, 0.05) is 5.38 Å². The number of carbonyl (C=O) groups is 2. The highest BCUT2D eigenvalue weighted by molar-refractivity contribution is 7.18. The van der Waals surface area contributed by atoms with Crippen LogP contribution in [0.15, 0.2) is 11.4 Å². The highest BCUT2D eigenvalue weighted by atomic mass is 35.5. The minimum Gasteiger partial charge on any atom is -0.465 e. The molecule has 0 unspecified atom stereocenters. The Labute approximate surface area is 118 Å². The number of nitrogens with zero attached hydrogens (tertiary/aromatic N) is 1. The molecule has 0 amide bonds. The van der Waals surface area contributed by atoms with Gasteiger partial charge < -0.3 is 9.47 Å². The Kier molecular flexibility index (Phi) is 4.01. The number of ether oxygens (including phenoxy) is 2. The second-order valence-electron chi connectivity index (χ2n) is 3.53. The minimum atomic E-state index is -0.576. The lowest BCUT2D eigenvalue weighted by Gasteiger charge is -2.03. The smallest absolute Gasteiger partial charge is 0.356 e. The van der Waals surface area contributed by atoms with Crippen molar-refractivity contribution in [3.63, 3.8) is 0 Å². The number of thiophene rings is 1. The van der Waals surface area contributed by atoms with E-state index >= 15 is 0 Å². The Morgan fingerprint density at radius 2 is 2.16 bits per heavy atom. The minimum absolute atomic E-state index is 0.0721. The zero-order valence-electron chi connectivity index (χ0n) is 10.2. The van der Waals surface area contributed by atoms with E-state index in [0.29, 0.717) is 15.2 Å². The molecule has 100 valence electrons. The molecular formula is C12H10ClNO4S. The van der Waals surface area contributed by atoms with Crippen molar-refractivity contribution in [2.45, 2.75) is 6.92 Å². The largest absolute Gasteiger partial charge is 0.465 e. The van der Waals surface area contributed by atoms with Crippen LogP contribution in [-0.2, 0) is 9.47 Å². The summed E-state index contributed by atoms with van der Waals surface area (Å²) >= 11 is 7.35. The molecule has 7 heteroatoms. The molecule has 2 aromatic rings. The molecular weight excluding hydrogens is 290 g/mol. The van der Waals surface area contributed by atoms with Crippen molar-refractivity contribution in [2.75, 3.05) is 13.7 Å². The fourth-order valence-corrected chi connectivity index (χ4v) is 2.74. The van der Waals surface area contributed by atoms with E-state index in [0.717, 1.165) is 0 Å². The Bertz CT molecular complexity index is 652. The van der Waals surface area contributed by atoms with E-state index in [2.05, 4.69) is 9.72 Å². The molecule has 0 aliphatic carbocycles. The van der Waals surface area contributed by atoms with Gasteiger partial charge in [0.15, 0.2) is 5.69 Å². The molecule has 0 atom stereocenters. The van der Waals surface area contributed by atoms with Crippen LogP contribution in [0.2, 0.25) is 5.02 Å². The molecule has 0 aromatic carbocycles. The van der Waals surface area contributed by atoms with Gasteiger partial charge in [-0.15, -0.1) is 11.3 Å². The van der Waals surface area contributed by atoms with E-state index < -0.39 is 11.9 Å². The fraction of sp³-hybridized carbons (Fsp3) is 0.250. The third-order valence-electron chi connectivity index (χ3n) is 2.37. The molecule has 5 nitrogen and oxygen atoms in total. The monoisotopic (exact) mass is 299 g/mol. The summed E-state index contributed by atoms with van der Waals surface area (Å²) in [6, 6.07) is 1.43. The summed E-state index contributed by atoms with van der Waals surface area (Å²) in [6.07, 6.45) is 0. The van der Waals surface area contributed by atoms with Crippen molar-refractivity contribution in [1.82, 2.24) is 4.98 Å². The van der Waals surface area contributed by atoms with Crippen LogP contribution >= 0.6 is 22.9 Å². The molecule has 0 aliphatic heterocycles. The van der Waals surface area contributed by atoms with E-state index in [1.165, 1.54) is 24.5 Å². The summed E-state index contributed by atoms with van der Waals surface area (Å²) in [5.41, 5.74) is 0.714. The summed E-state index contributed by atoms with van der Waals surface area (Å²) < 4.78 is 10.2. The quantitative estimate of drug-likeness (QED) is 0.815. The molecule has 0 saturated carbocycles. The van der Waals surface area contributed by atoms with Crippen molar-refractivity contribution in [3.05, 3.63) is 27.7 Å². The average molecular weight is 300 g/mol. The standard InChI is InChI=1S/C12H10ClNO4S/c1-3-18-12(16)8-4-7(13)10-9(14-8)6(5-19-10)11(15)17-2/h4-5H,3H2,1-2H3. The van der Waals surface area contributed by atoms with Gasteiger partial charge in [0.25, 0.3) is 0 Å². The van der Waals surface area contributed by atoms with Crippen LogP contribution in [0, 0.1) is 0 Å². The maximum Gasteiger partial charge on any atom is 0.356 e. The maximum absolute atomic E-state index is 11.7. The Balaban J connectivity index is 2.59. The number of esters is 2. The lowest BCUT2D eigenvalue weighted by atomic mass is 10.2. The first-order chi connectivity index (χ1) is 9.08. The molecule has 0 spiro atoms. The van der Waals surface area contributed by atoms with Crippen LogP contribution in [0.25, 0.3) is 10.2 Å². The van der Waals surface area contributed by atoms with Gasteiger partial charge in [0.1, 0.15) is 0 Å². The number of hydrogen-bond donors (Lipinski definition) is 0. The summed E-state index contributed by atoms with van der Waals surface area (Å²) in [6.45, 7) is 1.94. The highest BCUT2D eigenvalue weighted by Crippen LogP contribution is 2.32. The maximum atomic E-state index is 11.7. The van der Waals surface area contributed by atoms with Crippen LogP contribution < -0.4 is 0 Å². The first-order valence-corrected chi connectivity index (χ1v) is 6.67. The number of aromatic nitrogens is 1. The van der Waals surface area contributed by atoms with E-state index in [1.807, 2.05) is 0 Å². The lowest BCUT2D eigenvalue weighted by Crippen LogP contribution is -2.08. The Morgan fingerprint density at radius 1 is 1.42 bits per heavy atom. The number of halogens is 1. The van der Waals surface area contributed by atoms with Crippen molar-refractivity contribution in [1.29, 1.82) is 0 Å². The molecule has 0 N–H and O–H groups in total. The van der Waals surface area contributed by atoms with Crippen LogP contribution in [0.1, 0.15) is 27.8 Å². The van der Waals surface area contributed by atoms with Gasteiger partial charge in [0.05, 0.1) is 34.5 Å². The SMILES string of the molecule is CCOC(=O)c1cc(Cl)c2scc(C(=O)OC)c2n1. The molecule has 0 aliphatic rings. The lowest BCUT2D eigenvalue weighted by molar-refractivity contribution is 0.0518. The van der Waals surface area contributed by atoms with Gasteiger partial charge in [-0.1, -0.05) is 11.6 Å². The van der Waals surface area contributed by atoms with Gasteiger partial charge in [-0.25, -0.2) is 14.6 Å². The van der Waals surface area contributed by atoms with Crippen LogP contribution in [0.4, 0.5) is 0 Å². The third kappa shape index (κ3) is 2.54. The molecule has 2 aromatic heterocycles. The molecule has 2 rings (SSSR count). The molecule has 0 saturated heterocycles. The molecule has 2 heterocycles. The predicted molar refractivity (Wildman–Crippen MR) is 71.9 cm³/mol. The number of pyridine rings is 1. The van der Waals surface area contributed by atoms with Gasteiger partial charge in [-0.2, -0.15) is 0 Å². The van der Waals surface area contributed by atoms with Crippen molar-refractivity contribution >= 4 is 45.1 Å². The topological polar surface area (TPSA) is 65.5 Å². The molecule has 0 bridgehead atoms. The summed E-state index contributed by atoms with van der Waals surface area (Å²) in [5.74, 6) is -1.09. The Hall–Kier alpha value is -1.66. The normalized spacial score (nSPS) is 10.5. The molecule has 19 heavy (non-hydrogen) atoms. The van der Waals surface area contributed by atoms with Gasteiger partial charge in [-0.3, -0.25) is 0 Å². The van der Waals surface area contributed by atoms with Gasteiger partial charge in [-0.05, 0) is 13.0 Å². The second-order valence-corrected chi connectivity index (χ2v) is 4.82. The number of methoxy groups -OCH3 is 1. The van der Waals surface area contributed by atoms with E-state index in [1.54, 1.807) is 12.3 Å².